The van der Waals surface area contributed by atoms with Crippen LogP contribution in [0.1, 0.15) is 47.8 Å². The van der Waals surface area contributed by atoms with E-state index >= 15 is 0 Å². The zero-order valence-corrected chi connectivity index (χ0v) is 16.4. The summed E-state index contributed by atoms with van der Waals surface area (Å²) in [6.07, 6.45) is 4.59. The van der Waals surface area contributed by atoms with Gasteiger partial charge in [0.1, 0.15) is 11.5 Å². The minimum absolute atomic E-state index is 0.315. The van der Waals surface area contributed by atoms with Gasteiger partial charge in [0.25, 0.3) is 0 Å². The maximum atomic E-state index is 10.5. The van der Waals surface area contributed by atoms with Crippen LogP contribution in [0.5, 0.6) is 11.5 Å². The summed E-state index contributed by atoms with van der Waals surface area (Å²) in [6.45, 7) is 0. The number of benzene rings is 3. The first-order valence-electron chi connectivity index (χ1n) is 10.0. The summed E-state index contributed by atoms with van der Waals surface area (Å²) in [5.74, 6) is 2.18. The van der Waals surface area contributed by atoms with E-state index in [2.05, 4.69) is 12.1 Å². The van der Waals surface area contributed by atoms with Crippen LogP contribution >= 0.6 is 11.6 Å². The Balaban J connectivity index is 1.66. The maximum absolute atomic E-state index is 10.5. The molecular formula is C25H23ClO2. The molecule has 5 rings (SSSR count). The second kappa shape index (κ2) is 6.86. The normalized spacial score (nSPS) is 23.2. The number of phenolic OH excluding ortho intramolecular Hbond substituents is 2. The molecule has 0 aliphatic heterocycles. The van der Waals surface area contributed by atoms with Crippen LogP contribution in [-0.2, 0) is 6.42 Å². The molecule has 2 nitrogen and oxygen atoms in total. The number of rotatable bonds is 2. The van der Waals surface area contributed by atoms with Gasteiger partial charge in [-0.3, -0.25) is 0 Å². The van der Waals surface area contributed by atoms with Crippen molar-refractivity contribution in [1.82, 2.24) is 0 Å². The fraction of sp³-hybridized carbons (Fsp3) is 0.280. The molecule has 0 aromatic heterocycles. The first-order chi connectivity index (χ1) is 13.6. The monoisotopic (exact) mass is 390 g/mol. The lowest BCUT2D eigenvalue weighted by atomic mass is 9.67. The molecule has 3 unspecified atom stereocenters. The Labute approximate surface area is 170 Å². The van der Waals surface area contributed by atoms with Crippen molar-refractivity contribution in [3.63, 3.8) is 0 Å². The minimum atomic E-state index is 0.315. The summed E-state index contributed by atoms with van der Waals surface area (Å²) in [5, 5.41) is 20.9. The third-order valence-electron chi connectivity index (χ3n) is 6.66. The van der Waals surface area contributed by atoms with Crippen molar-refractivity contribution in [1.29, 1.82) is 0 Å². The van der Waals surface area contributed by atoms with Gasteiger partial charge >= 0.3 is 0 Å². The topological polar surface area (TPSA) is 40.5 Å². The summed E-state index contributed by atoms with van der Waals surface area (Å²) in [5.41, 5.74) is 6.18. The van der Waals surface area contributed by atoms with Crippen LogP contribution < -0.4 is 0 Å². The van der Waals surface area contributed by atoms with E-state index in [0.29, 0.717) is 29.3 Å². The van der Waals surface area contributed by atoms with E-state index in [9.17, 15) is 10.2 Å². The van der Waals surface area contributed by atoms with Gasteiger partial charge in [0, 0.05) is 5.02 Å². The molecule has 0 bridgehead atoms. The number of phenols is 2. The number of aromatic hydroxyl groups is 2. The SMILES string of the molecule is Oc1ccc(C2Cc3c(-c4ccc(Cl)cc4)cc(O)cc3C3CCCC23)cc1. The van der Waals surface area contributed by atoms with Gasteiger partial charge in [-0.2, -0.15) is 0 Å². The van der Waals surface area contributed by atoms with Crippen molar-refractivity contribution >= 4 is 11.6 Å². The van der Waals surface area contributed by atoms with Crippen LogP contribution in [0.4, 0.5) is 0 Å². The molecule has 0 radical (unpaired) electrons. The van der Waals surface area contributed by atoms with Crippen LogP contribution in [0.15, 0.2) is 60.7 Å². The van der Waals surface area contributed by atoms with E-state index in [1.165, 1.54) is 36.0 Å². The standard InChI is InChI=1S/C25H23ClO2/c26-17-8-4-15(5-9-17)22-12-19(28)13-24-21-3-1-2-20(21)23(14-25(22)24)16-6-10-18(27)11-7-16/h4-13,20-21,23,27-28H,1-3,14H2. The molecule has 28 heavy (non-hydrogen) atoms. The zero-order chi connectivity index (χ0) is 19.3. The van der Waals surface area contributed by atoms with Gasteiger partial charge in [0.05, 0.1) is 0 Å². The summed E-state index contributed by atoms with van der Waals surface area (Å²) in [4.78, 5) is 0. The molecule has 3 heteroatoms. The largest absolute Gasteiger partial charge is 0.508 e. The summed E-state index contributed by atoms with van der Waals surface area (Å²) in [6, 6.07) is 19.5. The molecule has 3 aromatic carbocycles. The van der Waals surface area contributed by atoms with Crippen molar-refractivity contribution in [2.75, 3.05) is 0 Å². The Morgan fingerprint density at radius 1 is 0.786 bits per heavy atom. The van der Waals surface area contributed by atoms with E-state index in [4.69, 9.17) is 11.6 Å². The molecule has 2 N–H and O–H groups in total. The van der Waals surface area contributed by atoms with E-state index in [0.717, 1.165) is 22.6 Å². The molecule has 0 saturated heterocycles. The Kier molecular flexibility index (Phi) is 4.32. The smallest absolute Gasteiger partial charge is 0.116 e. The van der Waals surface area contributed by atoms with Gasteiger partial charge in [-0.1, -0.05) is 42.3 Å². The van der Waals surface area contributed by atoms with Crippen LogP contribution in [0, 0.1) is 5.92 Å². The molecule has 1 fully saturated rings. The fourth-order valence-electron chi connectivity index (χ4n) is 5.44. The Bertz CT molecular complexity index is 1010. The third-order valence-corrected chi connectivity index (χ3v) is 6.91. The number of hydrogen-bond donors (Lipinski definition) is 2. The minimum Gasteiger partial charge on any atom is -0.508 e. The highest BCUT2D eigenvalue weighted by molar-refractivity contribution is 6.30. The number of halogens is 1. The highest BCUT2D eigenvalue weighted by atomic mass is 35.5. The van der Waals surface area contributed by atoms with Gasteiger partial charge in [0.2, 0.25) is 0 Å². The molecule has 1 saturated carbocycles. The predicted molar refractivity (Wildman–Crippen MR) is 113 cm³/mol. The first kappa shape index (κ1) is 17.6. The summed E-state index contributed by atoms with van der Waals surface area (Å²) >= 11 is 6.09. The van der Waals surface area contributed by atoms with Crippen molar-refractivity contribution in [3.05, 3.63) is 82.4 Å². The lowest BCUT2D eigenvalue weighted by molar-refractivity contribution is 0.363. The Morgan fingerprint density at radius 2 is 1.54 bits per heavy atom. The van der Waals surface area contributed by atoms with Crippen molar-refractivity contribution in [2.24, 2.45) is 5.92 Å². The molecule has 3 atom stereocenters. The Hall–Kier alpha value is -2.45. The van der Waals surface area contributed by atoms with Gasteiger partial charge in [0.15, 0.2) is 0 Å². The van der Waals surface area contributed by atoms with Gasteiger partial charge in [-0.15, -0.1) is 0 Å². The maximum Gasteiger partial charge on any atom is 0.116 e. The average Bonchev–Trinajstić information content (AvgIpc) is 3.19. The van der Waals surface area contributed by atoms with Crippen LogP contribution in [0.3, 0.4) is 0 Å². The van der Waals surface area contributed by atoms with E-state index in [-0.39, 0.29) is 0 Å². The molecule has 0 heterocycles. The summed E-state index contributed by atoms with van der Waals surface area (Å²) in [7, 11) is 0. The number of hydrogen-bond acceptors (Lipinski definition) is 2. The van der Waals surface area contributed by atoms with Crippen molar-refractivity contribution in [3.8, 4) is 22.6 Å². The van der Waals surface area contributed by atoms with Crippen molar-refractivity contribution in [2.45, 2.75) is 37.5 Å². The quantitative estimate of drug-likeness (QED) is 0.514. The van der Waals surface area contributed by atoms with Gasteiger partial charge in [-0.05, 0) is 101 Å². The van der Waals surface area contributed by atoms with Crippen molar-refractivity contribution < 1.29 is 10.2 Å². The van der Waals surface area contributed by atoms with Gasteiger partial charge < -0.3 is 10.2 Å². The lowest BCUT2D eigenvalue weighted by Gasteiger charge is -2.37. The van der Waals surface area contributed by atoms with Crippen LogP contribution in [0.25, 0.3) is 11.1 Å². The highest BCUT2D eigenvalue weighted by Crippen LogP contribution is 2.55. The summed E-state index contributed by atoms with van der Waals surface area (Å²) < 4.78 is 0. The Morgan fingerprint density at radius 3 is 2.29 bits per heavy atom. The third kappa shape index (κ3) is 2.97. The predicted octanol–water partition coefficient (Wildman–Crippen LogP) is 6.64. The van der Waals surface area contributed by atoms with E-state index in [1.807, 2.05) is 36.4 Å². The van der Waals surface area contributed by atoms with E-state index < -0.39 is 0 Å². The molecule has 2 aliphatic carbocycles. The fourth-order valence-corrected chi connectivity index (χ4v) is 5.56. The number of fused-ring (bicyclic) bond motifs is 3. The lowest BCUT2D eigenvalue weighted by Crippen LogP contribution is -2.25. The molecule has 142 valence electrons. The molecule has 0 spiro atoms. The van der Waals surface area contributed by atoms with E-state index in [1.54, 1.807) is 12.1 Å². The second-order valence-electron chi connectivity index (χ2n) is 8.17. The molecule has 0 amide bonds. The molecular weight excluding hydrogens is 368 g/mol. The zero-order valence-electron chi connectivity index (χ0n) is 15.6. The highest BCUT2D eigenvalue weighted by Gasteiger charge is 2.41. The second-order valence-corrected chi connectivity index (χ2v) is 8.61. The first-order valence-corrected chi connectivity index (χ1v) is 10.4. The van der Waals surface area contributed by atoms with Crippen LogP contribution in [-0.4, -0.2) is 10.2 Å². The van der Waals surface area contributed by atoms with Gasteiger partial charge in [-0.25, -0.2) is 0 Å². The molecule has 3 aromatic rings. The average molecular weight is 391 g/mol. The molecule has 2 aliphatic rings. The van der Waals surface area contributed by atoms with Crippen LogP contribution in [0.2, 0.25) is 5.02 Å².